The summed E-state index contributed by atoms with van der Waals surface area (Å²) in [7, 11) is 1.51. The van der Waals surface area contributed by atoms with Crippen molar-refractivity contribution in [3.63, 3.8) is 0 Å². The molecule has 0 aliphatic carbocycles. The van der Waals surface area contributed by atoms with Crippen molar-refractivity contribution in [2.75, 3.05) is 17.7 Å². The van der Waals surface area contributed by atoms with Crippen molar-refractivity contribution in [1.29, 1.82) is 0 Å². The number of hydrogen-bond acceptors (Lipinski definition) is 6. The molecular formula is C12H10BrN5O3. The number of amides is 1. The Balaban J connectivity index is 2.33. The maximum absolute atomic E-state index is 12.2. The highest BCUT2D eigenvalue weighted by atomic mass is 79.9. The number of hydrogen-bond donors (Lipinski definition) is 2. The Morgan fingerprint density at radius 1 is 1.33 bits per heavy atom. The minimum Gasteiger partial charge on any atom is -0.382 e. The van der Waals surface area contributed by atoms with E-state index in [0.717, 1.165) is 0 Å². The summed E-state index contributed by atoms with van der Waals surface area (Å²) in [6.07, 6.45) is 2.81. The molecule has 1 aromatic heterocycles. The molecule has 0 spiro atoms. The van der Waals surface area contributed by atoms with E-state index in [1.165, 1.54) is 37.6 Å². The van der Waals surface area contributed by atoms with Crippen LogP contribution in [0.3, 0.4) is 0 Å². The predicted molar refractivity (Wildman–Crippen MR) is 80.3 cm³/mol. The highest BCUT2D eigenvalue weighted by Gasteiger charge is 2.20. The lowest BCUT2D eigenvalue weighted by atomic mass is 10.1. The van der Waals surface area contributed by atoms with Gasteiger partial charge in [0.05, 0.1) is 22.9 Å². The molecule has 0 aliphatic rings. The first-order valence-corrected chi connectivity index (χ1v) is 6.56. The fourth-order valence-electron chi connectivity index (χ4n) is 1.70. The Kier molecular flexibility index (Phi) is 4.43. The van der Waals surface area contributed by atoms with Crippen molar-refractivity contribution in [3.05, 3.63) is 50.9 Å². The van der Waals surface area contributed by atoms with Crippen LogP contribution in [0.25, 0.3) is 0 Å². The molecule has 1 heterocycles. The lowest BCUT2D eigenvalue weighted by Crippen LogP contribution is -2.15. The number of aromatic nitrogens is 2. The Bertz CT molecular complexity index is 690. The monoisotopic (exact) mass is 351 g/mol. The van der Waals surface area contributed by atoms with Gasteiger partial charge in [-0.2, -0.15) is 0 Å². The molecule has 21 heavy (non-hydrogen) atoms. The van der Waals surface area contributed by atoms with Gasteiger partial charge in [-0.3, -0.25) is 14.9 Å². The van der Waals surface area contributed by atoms with Crippen LogP contribution in [0.1, 0.15) is 10.4 Å². The first-order chi connectivity index (χ1) is 10.0. The molecule has 0 saturated heterocycles. The number of nitro groups is 1. The summed E-state index contributed by atoms with van der Waals surface area (Å²) in [6, 6.07) is 4.25. The van der Waals surface area contributed by atoms with Crippen LogP contribution in [-0.2, 0) is 0 Å². The van der Waals surface area contributed by atoms with E-state index in [1.807, 2.05) is 0 Å². The Hall–Kier alpha value is -2.55. The van der Waals surface area contributed by atoms with Gasteiger partial charge in [0, 0.05) is 13.1 Å². The standard InChI is InChI=1S/C12H10BrN5O3/c1-14-11-7(3-2-4-8(11)18(20)21)12(19)17-10-6-15-9(13)5-16-10/h2-6,14H,1H3,(H,16,17,19). The van der Waals surface area contributed by atoms with Gasteiger partial charge in [-0.15, -0.1) is 0 Å². The summed E-state index contributed by atoms with van der Waals surface area (Å²) >= 11 is 3.13. The first kappa shape index (κ1) is 14.9. The fourth-order valence-corrected chi connectivity index (χ4v) is 1.91. The molecule has 0 bridgehead atoms. The number of nitro benzene ring substituents is 1. The van der Waals surface area contributed by atoms with Crippen LogP contribution in [0.5, 0.6) is 0 Å². The largest absolute Gasteiger partial charge is 0.382 e. The Morgan fingerprint density at radius 3 is 2.67 bits per heavy atom. The fraction of sp³-hybridized carbons (Fsp3) is 0.0833. The molecule has 2 N–H and O–H groups in total. The molecule has 0 atom stereocenters. The number of nitrogens with one attached hydrogen (secondary N) is 2. The number of para-hydroxylation sites is 1. The molecule has 1 amide bonds. The molecule has 2 aromatic rings. The molecule has 8 nitrogen and oxygen atoms in total. The van der Waals surface area contributed by atoms with Crippen molar-refractivity contribution < 1.29 is 9.72 Å². The van der Waals surface area contributed by atoms with Crippen LogP contribution < -0.4 is 10.6 Å². The first-order valence-electron chi connectivity index (χ1n) is 5.77. The van der Waals surface area contributed by atoms with Gasteiger partial charge in [0.25, 0.3) is 11.6 Å². The normalized spacial score (nSPS) is 10.0. The smallest absolute Gasteiger partial charge is 0.293 e. The summed E-state index contributed by atoms with van der Waals surface area (Å²) in [5.41, 5.74) is 0.119. The highest BCUT2D eigenvalue weighted by molar-refractivity contribution is 9.10. The van der Waals surface area contributed by atoms with Crippen molar-refractivity contribution in [3.8, 4) is 0 Å². The second-order valence-corrected chi connectivity index (χ2v) is 4.70. The van der Waals surface area contributed by atoms with E-state index in [1.54, 1.807) is 0 Å². The molecule has 1 aromatic carbocycles. The summed E-state index contributed by atoms with van der Waals surface area (Å²) in [6.45, 7) is 0. The second-order valence-electron chi connectivity index (χ2n) is 3.89. The number of nitrogens with zero attached hydrogens (tertiary/aromatic N) is 3. The van der Waals surface area contributed by atoms with Gasteiger partial charge in [-0.1, -0.05) is 6.07 Å². The maximum atomic E-state index is 12.2. The highest BCUT2D eigenvalue weighted by Crippen LogP contribution is 2.28. The third kappa shape index (κ3) is 3.31. The van der Waals surface area contributed by atoms with E-state index >= 15 is 0 Å². The van der Waals surface area contributed by atoms with Crippen molar-refractivity contribution in [1.82, 2.24) is 9.97 Å². The molecule has 0 saturated carbocycles. The molecule has 9 heteroatoms. The third-order valence-electron chi connectivity index (χ3n) is 2.60. The van der Waals surface area contributed by atoms with Gasteiger partial charge >= 0.3 is 0 Å². The van der Waals surface area contributed by atoms with E-state index < -0.39 is 10.8 Å². The number of carbonyl (C=O) groups is 1. The van der Waals surface area contributed by atoms with Crippen molar-refractivity contribution >= 4 is 39.0 Å². The summed E-state index contributed by atoms with van der Waals surface area (Å²) in [5.74, 6) is -0.267. The summed E-state index contributed by atoms with van der Waals surface area (Å²) in [4.78, 5) is 30.5. The molecule has 0 unspecified atom stereocenters. The number of carbonyl (C=O) groups excluding carboxylic acids is 1. The zero-order valence-electron chi connectivity index (χ0n) is 10.8. The number of benzene rings is 1. The average Bonchev–Trinajstić information content (AvgIpc) is 2.48. The van der Waals surface area contributed by atoms with E-state index in [9.17, 15) is 14.9 Å². The molecule has 0 aliphatic heterocycles. The topological polar surface area (TPSA) is 110 Å². The quantitative estimate of drug-likeness (QED) is 0.646. The van der Waals surface area contributed by atoms with Crippen LogP contribution in [-0.4, -0.2) is 27.8 Å². The van der Waals surface area contributed by atoms with Gasteiger partial charge in [0.1, 0.15) is 10.3 Å². The maximum Gasteiger partial charge on any atom is 0.293 e. The van der Waals surface area contributed by atoms with E-state index in [2.05, 4.69) is 36.5 Å². The second kappa shape index (κ2) is 6.27. The van der Waals surface area contributed by atoms with Gasteiger partial charge in [0.15, 0.2) is 5.82 Å². The van der Waals surface area contributed by atoms with E-state index in [-0.39, 0.29) is 22.8 Å². The Morgan fingerprint density at radius 2 is 2.10 bits per heavy atom. The van der Waals surface area contributed by atoms with Crippen molar-refractivity contribution in [2.45, 2.75) is 0 Å². The lowest BCUT2D eigenvalue weighted by Gasteiger charge is -2.09. The number of anilines is 2. The lowest BCUT2D eigenvalue weighted by molar-refractivity contribution is -0.384. The average molecular weight is 352 g/mol. The van der Waals surface area contributed by atoms with Gasteiger partial charge in [-0.25, -0.2) is 9.97 Å². The van der Waals surface area contributed by atoms with Crippen LogP contribution in [0.15, 0.2) is 35.2 Å². The van der Waals surface area contributed by atoms with Crippen molar-refractivity contribution in [2.24, 2.45) is 0 Å². The number of rotatable bonds is 4. The molecule has 0 fully saturated rings. The number of halogens is 1. The molecule has 2 rings (SSSR count). The van der Waals surface area contributed by atoms with Crippen LogP contribution in [0, 0.1) is 10.1 Å². The van der Waals surface area contributed by atoms with Gasteiger partial charge in [-0.05, 0) is 22.0 Å². The minimum atomic E-state index is -0.554. The zero-order valence-corrected chi connectivity index (χ0v) is 12.4. The van der Waals surface area contributed by atoms with Crippen LogP contribution in [0.2, 0.25) is 0 Å². The van der Waals surface area contributed by atoms with E-state index in [4.69, 9.17) is 0 Å². The SMILES string of the molecule is CNc1c(C(=O)Nc2cnc(Br)cn2)cccc1[N+](=O)[O-]. The van der Waals surface area contributed by atoms with Gasteiger partial charge < -0.3 is 10.6 Å². The predicted octanol–water partition coefficient (Wildman–Crippen LogP) is 2.44. The summed E-state index contributed by atoms with van der Waals surface area (Å²) in [5, 5.41) is 16.2. The third-order valence-corrected chi connectivity index (χ3v) is 3.01. The minimum absolute atomic E-state index is 0.144. The van der Waals surface area contributed by atoms with Crippen LogP contribution >= 0.6 is 15.9 Å². The van der Waals surface area contributed by atoms with Crippen LogP contribution in [0.4, 0.5) is 17.2 Å². The summed E-state index contributed by atoms with van der Waals surface area (Å²) < 4.78 is 0.534. The molecule has 108 valence electrons. The van der Waals surface area contributed by atoms with E-state index in [0.29, 0.717) is 4.60 Å². The Labute approximate surface area is 127 Å². The zero-order chi connectivity index (χ0) is 15.4. The molecule has 0 radical (unpaired) electrons. The van der Waals surface area contributed by atoms with Gasteiger partial charge in [0.2, 0.25) is 0 Å². The molecular weight excluding hydrogens is 342 g/mol.